The second-order valence-corrected chi connectivity index (χ2v) is 5.70. The SMILES string of the molecule is [N-]=[N+]=Nc1ccc(C/C=C(/C=Nc2ccc(N=[N+]=[N-])cc2)CCC(=O)O)cc1. The Morgan fingerprint density at radius 2 is 1.43 bits per heavy atom. The van der Waals surface area contributed by atoms with Crippen LogP contribution in [0.1, 0.15) is 18.4 Å². The topological polar surface area (TPSA) is 147 Å². The standard InChI is InChI=1S/C19H17N7O2/c20-25-23-17-6-3-14(4-7-17)1-2-15(5-12-19(27)28)13-22-16-8-10-18(11-9-16)24-26-21/h2-4,6-11,13H,1,5,12H2,(H,27,28)/b15-2+,22-13?. The van der Waals surface area contributed by atoms with E-state index < -0.39 is 5.97 Å². The molecule has 0 saturated carbocycles. The number of carboxylic acids is 1. The van der Waals surface area contributed by atoms with Crippen LogP contribution in [0, 0.1) is 0 Å². The van der Waals surface area contributed by atoms with Crippen LogP contribution in [-0.4, -0.2) is 17.3 Å². The predicted octanol–water partition coefficient (Wildman–Crippen LogP) is 6.31. The highest BCUT2D eigenvalue weighted by Gasteiger charge is 2.01. The molecule has 0 aliphatic rings. The molecule has 0 bridgehead atoms. The minimum atomic E-state index is -0.878. The molecule has 0 amide bonds. The average Bonchev–Trinajstić information content (AvgIpc) is 2.70. The second-order valence-electron chi connectivity index (χ2n) is 5.70. The van der Waals surface area contributed by atoms with Gasteiger partial charge in [-0.25, -0.2) is 0 Å². The van der Waals surface area contributed by atoms with E-state index in [0.717, 1.165) is 11.1 Å². The molecule has 9 heteroatoms. The van der Waals surface area contributed by atoms with Gasteiger partial charge in [-0.15, -0.1) is 0 Å². The molecule has 0 fully saturated rings. The molecule has 2 rings (SSSR count). The Balaban J connectivity index is 2.13. The summed E-state index contributed by atoms with van der Waals surface area (Å²) in [6.07, 6.45) is 4.51. The molecule has 0 aliphatic carbocycles. The van der Waals surface area contributed by atoms with Gasteiger partial charge >= 0.3 is 5.97 Å². The van der Waals surface area contributed by atoms with Crippen molar-refractivity contribution in [1.82, 2.24) is 0 Å². The van der Waals surface area contributed by atoms with E-state index in [4.69, 9.17) is 16.2 Å². The minimum absolute atomic E-state index is 0.00347. The number of rotatable bonds is 9. The Labute approximate surface area is 160 Å². The first kappa shape index (κ1) is 20.3. The Morgan fingerprint density at radius 3 is 1.96 bits per heavy atom. The molecule has 0 saturated heterocycles. The van der Waals surface area contributed by atoms with E-state index in [0.29, 0.717) is 29.9 Å². The van der Waals surface area contributed by atoms with Crippen molar-refractivity contribution < 1.29 is 9.90 Å². The van der Waals surface area contributed by atoms with Gasteiger partial charge in [0, 0.05) is 33.8 Å². The van der Waals surface area contributed by atoms with Gasteiger partial charge < -0.3 is 5.11 Å². The maximum absolute atomic E-state index is 10.9. The third-order valence-electron chi connectivity index (χ3n) is 3.71. The van der Waals surface area contributed by atoms with Crippen molar-refractivity contribution in [2.75, 3.05) is 0 Å². The monoisotopic (exact) mass is 375 g/mol. The molecule has 2 aromatic rings. The molecular weight excluding hydrogens is 358 g/mol. The Bertz CT molecular complexity index is 966. The summed E-state index contributed by atoms with van der Waals surface area (Å²) in [5, 5.41) is 16.0. The number of benzene rings is 2. The zero-order valence-corrected chi connectivity index (χ0v) is 14.9. The zero-order valence-electron chi connectivity index (χ0n) is 14.9. The van der Waals surface area contributed by atoms with Crippen LogP contribution in [0.2, 0.25) is 0 Å². The highest BCUT2D eigenvalue weighted by molar-refractivity contribution is 5.82. The van der Waals surface area contributed by atoms with Crippen LogP contribution in [0.15, 0.2) is 75.4 Å². The molecule has 0 aliphatic heterocycles. The number of aliphatic carboxylic acids is 1. The van der Waals surface area contributed by atoms with Crippen molar-refractivity contribution in [2.24, 2.45) is 15.2 Å². The number of hydrogen-bond donors (Lipinski definition) is 1. The first-order valence-electron chi connectivity index (χ1n) is 8.35. The van der Waals surface area contributed by atoms with Crippen LogP contribution in [0.5, 0.6) is 0 Å². The highest BCUT2D eigenvalue weighted by atomic mass is 16.4. The van der Waals surface area contributed by atoms with Gasteiger partial charge in [-0.2, -0.15) is 0 Å². The fourth-order valence-electron chi connectivity index (χ4n) is 2.28. The first-order chi connectivity index (χ1) is 13.6. The van der Waals surface area contributed by atoms with E-state index in [1.165, 1.54) is 0 Å². The lowest BCUT2D eigenvalue weighted by Gasteiger charge is -2.02. The summed E-state index contributed by atoms with van der Waals surface area (Å²) in [6, 6.07) is 13.9. The minimum Gasteiger partial charge on any atom is -0.481 e. The van der Waals surface area contributed by atoms with E-state index in [9.17, 15) is 4.79 Å². The summed E-state index contributed by atoms with van der Waals surface area (Å²) < 4.78 is 0. The number of azide groups is 2. The van der Waals surface area contributed by atoms with Crippen LogP contribution in [0.4, 0.5) is 17.1 Å². The van der Waals surface area contributed by atoms with Gasteiger partial charge in [0.2, 0.25) is 0 Å². The van der Waals surface area contributed by atoms with Gasteiger partial charge in [-0.05, 0) is 47.2 Å². The summed E-state index contributed by atoms with van der Waals surface area (Å²) in [5.41, 5.74) is 20.3. The lowest BCUT2D eigenvalue weighted by molar-refractivity contribution is -0.136. The largest absolute Gasteiger partial charge is 0.481 e. The van der Waals surface area contributed by atoms with Crippen molar-refractivity contribution in [3.63, 3.8) is 0 Å². The average molecular weight is 375 g/mol. The van der Waals surface area contributed by atoms with Crippen LogP contribution in [0.25, 0.3) is 20.9 Å². The molecule has 0 heterocycles. The summed E-state index contributed by atoms with van der Waals surface area (Å²) in [5.74, 6) is -0.878. The third-order valence-corrected chi connectivity index (χ3v) is 3.71. The Hall–Kier alpha value is -4.06. The maximum atomic E-state index is 10.9. The van der Waals surface area contributed by atoms with E-state index in [-0.39, 0.29) is 6.42 Å². The molecule has 0 spiro atoms. The number of carboxylic acid groups (broad SMARTS) is 1. The Morgan fingerprint density at radius 1 is 0.893 bits per heavy atom. The molecule has 2 aromatic carbocycles. The smallest absolute Gasteiger partial charge is 0.303 e. The molecule has 0 unspecified atom stereocenters. The number of allylic oxidation sites excluding steroid dienone is 2. The number of aliphatic imine (C=N–C) groups is 1. The van der Waals surface area contributed by atoms with E-state index in [1.54, 1.807) is 42.6 Å². The molecule has 0 aromatic heterocycles. The Kier molecular flexibility index (Phi) is 7.83. The lowest BCUT2D eigenvalue weighted by atomic mass is 10.1. The first-order valence-corrected chi connectivity index (χ1v) is 8.35. The maximum Gasteiger partial charge on any atom is 0.303 e. The molecule has 140 valence electrons. The van der Waals surface area contributed by atoms with Gasteiger partial charge in [-0.1, -0.05) is 52.7 Å². The molecule has 0 atom stereocenters. The molecule has 0 radical (unpaired) electrons. The quantitative estimate of drug-likeness (QED) is 0.237. The fraction of sp³-hybridized carbons (Fsp3) is 0.158. The third kappa shape index (κ3) is 7.05. The van der Waals surface area contributed by atoms with Crippen LogP contribution < -0.4 is 0 Å². The van der Waals surface area contributed by atoms with Gasteiger partial charge in [0.1, 0.15) is 0 Å². The zero-order chi connectivity index (χ0) is 20.2. The molecule has 28 heavy (non-hydrogen) atoms. The van der Waals surface area contributed by atoms with E-state index in [1.807, 2.05) is 18.2 Å². The normalized spacial score (nSPS) is 10.9. The van der Waals surface area contributed by atoms with Crippen molar-refractivity contribution in [2.45, 2.75) is 19.3 Å². The number of hydrogen-bond acceptors (Lipinski definition) is 4. The summed E-state index contributed by atoms with van der Waals surface area (Å²) in [6.45, 7) is 0. The number of carbonyl (C=O) groups is 1. The van der Waals surface area contributed by atoms with Gasteiger partial charge in [-0.3, -0.25) is 9.79 Å². The highest BCUT2D eigenvalue weighted by Crippen LogP contribution is 2.19. The van der Waals surface area contributed by atoms with Crippen LogP contribution >= 0.6 is 0 Å². The molecule has 1 N–H and O–H groups in total. The van der Waals surface area contributed by atoms with Crippen LogP contribution in [0.3, 0.4) is 0 Å². The van der Waals surface area contributed by atoms with Crippen molar-refractivity contribution >= 4 is 29.2 Å². The molecular formula is C19H17N7O2. The molecule has 9 nitrogen and oxygen atoms in total. The fourth-order valence-corrected chi connectivity index (χ4v) is 2.28. The lowest BCUT2D eigenvalue weighted by Crippen LogP contribution is -1.97. The van der Waals surface area contributed by atoms with E-state index in [2.05, 4.69) is 25.0 Å². The van der Waals surface area contributed by atoms with Crippen molar-refractivity contribution in [3.05, 3.63) is 86.6 Å². The summed E-state index contributed by atoms with van der Waals surface area (Å²) in [7, 11) is 0. The van der Waals surface area contributed by atoms with Crippen LogP contribution in [-0.2, 0) is 11.2 Å². The van der Waals surface area contributed by atoms with E-state index >= 15 is 0 Å². The van der Waals surface area contributed by atoms with Crippen molar-refractivity contribution in [3.8, 4) is 0 Å². The predicted molar refractivity (Wildman–Crippen MR) is 107 cm³/mol. The van der Waals surface area contributed by atoms with Crippen molar-refractivity contribution in [1.29, 1.82) is 0 Å². The van der Waals surface area contributed by atoms with Gasteiger partial charge in [0.05, 0.1) is 5.69 Å². The number of nitrogens with zero attached hydrogens (tertiary/aromatic N) is 7. The van der Waals surface area contributed by atoms with Gasteiger partial charge in [0.25, 0.3) is 0 Å². The van der Waals surface area contributed by atoms with Gasteiger partial charge in [0.15, 0.2) is 0 Å². The second kappa shape index (κ2) is 10.8. The summed E-state index contributed by atoms with van der Waals surface area (Å²) >= 11 is 0. The summed E-state index contributed by atoms with van der Waals surface area (Å²) in [4.78, 5) is 20.7.